The molecular formula is C16H21FN2O. The Bertz CT molecular complexity index is 578. The zero-order chi connectivity index (χ0) is 14.7. The van der Waals surface area contributed by atoms with Crippen LogP contribution in [0.25, 0.3) is 0 Å². The third-order valence-corrected chi connectivity index (χ3v) is 3.17. The number of furan rings is 1. The average molecular weight is 276 g/mol. The summed E-state index contributed by atoms with van der Waals surface area (Å²) in [5.74, 6) is 1.46. The summed E-state index contributed by atoms with van der Waals surface area (Å²) in [7, 11) is 1.85. The molecule has 0 bridgehead atoms. The second kappa shape index (κ2) is 6.09. The van der Waals surface area contributed by atoms with Crippen molar-refractivity contribution in [1.29, 1.82) is 0 Å². The Balaban J connectivity index is 2.11. The van der Waals surface area contributed by atoms with Gasteiger partial charge in [0.2, 0.25) is 0 Å². The van der Waals surface area contributed by atoms with E-state index in [1.807, 2.05) is 44.0 Å². The molecule has 2 rings (SSSR count). The Kier molecular flexibility index (Phi) is 4.45. The lowest BCUT2D eigenvalue weighted by Crippen LogP contribution is -2.19. The third kappa shape index (κ3) is 3.61. The van der Waals surface area contributed by atoms with E-state index in [4.69, 9.17) is 10.2 Å². The van der Waals surface area contributed by atoms with Crippen LogP contribution in [-0.2, 0) is 13.0 Å². The largest absolute Gasteiger partial charge is 0.464 e. The Morgan fingerprint density at radius 3 is 2.60 bits per heavy atom. The number of aryl methyl sites for hydroxylation is 1. The fourth-order valence-corrected chi connectivity index (χ4v) is 2.25. The minimum atomic E-state index is -0.228. The fraction of sp³-hybridized carbons (Fsp3) is 0.375. The van der Waals surface area contributed by atoms with Gasteiger partial charge in [-0.1, -0.05) is 6.07 Å². The van der Waals surface area contributed by atoms with E-state index in [0.29, 0.717) is 18.7 Å². The number of hydrogen-bond acceptors (Lipinski definition) is 3. The number of benzene rings is 1. The minimum absolute atomic E-state index is 0.0315. The Morgan fingerprint density at radius 1 is 1.30 bits per heavy atom. The maximum atomic E-state index is 14.1. The lowest BCUT2D eigenvalue weighted by atomic mass is 10.1. The normalized spacial score (nSPS) is 12.4. The monoisotopic (exact) mass is 276 g/mol. The van der Waals surface area contributed by atoms with Crippen molar-refractivity contribution in [3.8, 4) is 0 Å². The molecule has 1 unspecified atom stereocenters. The van der Waals surface area contributed by atoms with Gasteiger partial charge in [-0.05, 0) is 50.1 Å². The summed E-state index contributed by atoms with van der Waals surface area (Å²) in [5, 5.41) is 0. The number of hydrogen-bond donors (Lipinski definition) is 1. The standard InChI is InChI=1S/C16H21FN2O/c1-11(18)8-13-5-7-16(15(17)9-13)19(3)10-14-6-4-12(2)20-14/h4-7,9,11H,8,10,18H2,1-3H3. The SMILES string of the molecule is Cc1ccc(CN(C)c2ccc(CC(C)N)cc2F)o1. The fourth-order valence-electron chi connectivity index (χ4n) is 2.25. The highest BCUT2D eigenvalue weighted by molar-refractivity contribution is 5.48. The first-order valence-corrected chi connectivity index (χ1v) is 6.76. The van der Waals surface area contributed by atoms with Crippen molar-refractivity contribution in [1.82, 2.24) is 0 Å². The third-order valence-electron chi connectivity index (χ3n) is 3.17. The molecule has 0 aliphatic carbocycles. The van der Waals surface area contributed by atoms with Crippen LogP contribution in [0.1, 0.15) is 24.0 Å². The van der Waals surface area contributed by atoms with Gasteiger partial charge in [0.1, 0.15) is 17.3 Å². The predicted molar refractivity (Wildman–Crippen MR) is 79.3 cm³/mol. The topological polar surface area (TPSA) is 42.4 Å². The summed E-state index contributed by atoms with van der Waals surface area (Å²) in [6, 6.07) is 9.13. The summed E-state index contributed by atoms with van der Waals surface area (Å²) >= 11 is 0. The maximum absolute atomic E-state index is 14.1. The van der Waals surface area contributed by atoms with Crippen LogP contribution in [-0.4, -0.2) is 13.1 Å². The summed E-state index contributed by atoms with van der Waals surface area (Å²) in [6.45, 7) is 4.35. The molecule has 0 aliphatic heterocycles. The van der Waals surface area contributed by atoms with Gasteiger partial charge in [-0.25, -0.2) is 4.39 Å². The van der Waals surface area contributed by atoms with Crippen molar-refractivity contribution < 1.29 is 8.81 Å². The van der Waals surface area contributed by atoms with E-state index >= 15 is 0 Å². The van der Waals surface area contributed by atoms with Gasteiger partial charge in [-0.15, -0.1) is 0 Å². The zero-order valence-electron chi connectivity index (χ0n) is 12.2. The zero-order valence-corrected chi connectivity index (χ0v) is 12.2. The molecule has 1 atom stereocenters. The first-order chi connectivity index (χ1) is 9.45. The minimum Gasteiger partial charge on any atom is -0.464 e. The van der Waals surface area contributed by atoms with E-state index in [1.54, 1.807) is 12.1 Å². The number of nitrogens with two attached hydrogens (primary N) is 1. The summed E-state index contributed by atoms with van der Waals surface area (Å²) in [6.07, 6.45) is 0.679. The van der Waals surface area contributed by atoms with Crippen LogP contribution in [0.4, 0.5) is 10.1 Å². The highest BCUT2D eigenvalue weighted by atomic mass is 19.1. The van der Waals surface area contributed by atoms with Crippen molar-refractivity contribution in [2.45, 2.75) is 32.9 Å². The van der Waals surface area contributed by atoms with Crippen LogP contribution in [0.2, 0.25) is 0 Å². The van der Waals surface area contributed by atoms with Crippen LogP contribution in [0, 0.1) is 12.7 Å². The molecule has 0 saturated heterocycles. The predicted octanol–water partition coefficient (Wildman–Crippen LogP) is 3.25. The molecule has 0 aliphatic rings. The van der Waals surface area contributed by atoms with Gasteiger partial charge in [-0.3, -0.25) is 0 Å². The molecule has 0 fully saturated rings. The number of halogens is 1. The van der Waals surface area contributed by atoms with Gasteiger partial charge >= 0.3 is 0 Å². The van der Waals surface area contributed by atoms with Gasteiger partial charge in [0.15, 0.2) is 0 Å². The van der Waals surface area contributed by atoms with Gasteiger partial charge < -0.3 is 15.1 Å². The smallest absolute Gasteiger partial charge is 0.146 e. The molecule has 20 heavy (non-hydrogen) atoms. The van der Waals surface area contributed by atoms with Crippen LogP contribution in [0.15, 0.2) is 34.7 Å². The van der Waals surface area contributed by atoms with Crippen LogP contribution >= 0.6 is 0 Å². The lowest BCUT2D eigenvalue weighted by molar-refractivity contribution is 0.480. The average Bonchev–Trinajstić information content (AvgIpc) is 2.73. The van der Waals surface area contributed by atoms with Gasteiger partial charge in [0.25, 0.3) is 0 Å². The molecule has 4 heteroatoms. The summed E-state index contributed by atoms with van der Waals surface area (Å²) < 4.78 is 19.7. The molecule has 2 N–H and O–H groups in total. The molecule has 1 heterocycles. The molecule has 2 aromatic rings. The van der Waals surface area contributed by atoms with Crippen molar-refractivity contribution in [3.63, 3.8) is 0 Å². The molecule has 0 amide bonds. The Morgan fingerprint density at radius 2 is 2.05 bits per heavy atom. The first-order valence-electron chi connectivity index (χ1n) is 6.76. The van der Waals surface area contributed by atoms with Gasteiger partial charge in [-0.2, -0.15) is 0 Å². The van der Waals surface area contributed by atoms with Crippen molar-refractivity contribution in [3.05, 3.63) is 53.2 Å². The molecule has 0 saturated carbocycles. The van der Waals surface area contributed by atoms with E-state index in [9.17, 15) is 4.39 Å². The van der Waals surface area contributed by atoms with E-state index in [1.165, 1.54) is 0 Å². The van der Waals surface area contributed by atoms with Crippen LogP contribution < -0.4 is 10.6 Å². The summed E-state index contributed by atoms with van der Waals surface area (Å²) in [4.78, 5) is 1.84. The molecule has 0 spiro atoms. The maximum Gasteiger partial charge on any atom is 0.146 e. The van der Waals surface area contributed by atoms with Crippen molar-refractivity contribution >= 4 is 5.69 Å². The summed E-state index contributed by atoms with van der Waals surface area (Å²) in [5.41, 5.74) is 7.21. The quantitative estimate of drug-likeness (QED) is 0.911. The van der Waals surface area contributed by atoms with Crippen molar-refractivity contribution in [2.24, 2.45) is 5.73 Å². The number of anilines is 1. The van der Waals surface area contributed by atoms with E-state index in [0.717, 1.165) is 17.1 Å². The second-order valence-corrected chi connectivity index (χ2v) is 5.34. The van der Waals surface area contributed by atoms with E-state index in [2.05, 4.69) is 0 Å². The molecule has 0 radical (unpaired) electrons. The van der Waals surface area contributed by atoms with Gasteiger partial charge in [0, 0.05) is 13.1 Å². The van der Waals surface area contributed by atoms with E-state index in [-0.39, 0.29) is 11.9 Å². The number of nitrogens with zero attached hydrogens (tertiary/aromatic N) is 1. The lowest BCUT2D eigenvalue weighted by Gasteiger charge is -2.19. The first kappa shape index (κ1) is 14.6. The highest BCUT2D eigenvalue weighted by Gasteiger charge is 2.11. The van der Waals surface area contributed by atoms with Crippen LogP contribution in [0.3, 0.4) is 0 Å². The molecule has 108 valence electrons. The molecule has 3 nitrogen and oxygen atoms in total. The number of rotatable bonds is 5. The molecular weight excluding hydrogens is 255 g/mol. The molecule has 1 aromatic carbocycles. The second-order valence-electron chi connectivity index (χ2n) is 5.34. The molecule has 1 aromatic heterocycles. The Labute approximate surface area is 119 Å². The van der Waals surface area contributed by atoms with E-state index < -0.39 is 0 Å². The van der Waals surface area contributed by atoms with Crippen molar-refractivity contribution in [2.75, 3.05) is 11.9 Å². The highest BCUT2D eigenvalue weighted by Crippen LogP contribution is 2.22. The Hall–Kier alpha value is -1.81. The van der Waals surface area contributed by atoms with Gasteiger partial charge in [0.05, 0.1) is 12.2 Å². The van der Waals surface area contributed by atoms with Crippen LogP contribution in [0.5, 0.6) is 0 Å².